The number of imidazole rings is 1. The van der Waals surface area contributed by atoms with Gasteiger partial charge in [0.1, 0.15) is 5.82 Å². The van der Waals surface area contributed by atoms with Gasteiger partial charge >= 0.3 is 0 Å². The standard InChI is InChI=1S/C41H27N3/c1-27-9-11-29(12-10-27)31-15-16-33-23-34(18-17-32(33)22-31)35-14-13-30-19-20-38(25-37(30)24-35)44-40-8-3-2-7-39(40)43-41(44)36-6-4-5-28(21-36)26-42/h2-25H,1H3. The second kappa shape index (κ2) is 10.4. The molecule has 0 spiro atoms. The van der Waals surface area contributed by atoms with E-state index in [0.29, 0.717) is 5.56 Å². The topological polar surface area (TPSA) is 41.6 Å². The van der Waals surface area contributed by atoms with E-state index in [1.54, 1.807) is 0 Å². The number of hydrogen-bond acceptors (Lipinski definition) is 2. The molecule has 8 aromatic rings. The smallest absolute Gasteiger partial charge is 0.145 e. The van der Waals surface area contributed by atoms with Crippen LogP contribution in [-0.4, -0.2) is 9.55 Å². The lowest BCUT2D eigenvalue weighted by molar-refractivity contribution is 1.11. The molecule has 0 unspecified atom stereocenters. The van der Waals surface area contributed by atoms with Crippen molar-refractivity contribution < 1.29 is 0 Å². The molecule has 8 rings (SSSR count). The van der Waals surface area contributed by atoms with Crippen molar-refractivity contribution in [1.29, 1.82) is 5.26 Å². The van der Waals surface area contributed by atoms with Crippen LogP contribution in [0.4, 0.5) is 0 Å². The minimum Gasteiger partial charge on any atom is -0.292 e. The zero-order valence-electron chi connectivity index (χ0n) is 24.2. The summed E-state index contributed by atoms with van der Waals surface area (Å²) in [4.78, 5) is 4.99. The van der Waals surface area contributed by atoms with Crippen molar-refractivity contribution in [3.05, 3.63) is 157 Å². The molecule has 1 heterocycles. The molecule has 206 valence electrons. The summed E-state index contributed by atoms with van der Waals surface area (Å²) < 4.78 is 2.19. The summed E-state index contributed by atoms with van der Waals surface area (Å²) in [5.41, 5.74) is 10.6. The number of hydrogen-bond donors (Lipinski definition) is 0. The lowest BCUT2D eigenvalue weighted by atomic mass is 9.96. The van der Waals surface area contributed by atoms with E-state index in [0.717, 1.165) is 33.5 Å². The summed E-state index contributed by atoms with van der Waals surface area (Å²) in [5, 5.41) is 14.3. The van der Waals surface area contributed by atoms with E-state index >= 15 is 0 Å². The number of nitrogens with zero attached hydrogens (tertiary/aromatic N) is 3. The van der Waals surface area contributed by atoms with Crippen molar-refractivity contribution in [2.24, 2.45) is 0 Å². The maximum Gasteiger partial charge on any atom is 0.145 e. The van der Waals surface area contributed by atoms with Gasteiger partial charge in [-0.15, -0.1) is 0 Å². The summed E-state index contributed by atoms with van der Waals surface area (Å²) >= 11 is 0. The normalized spacial score (nSPS) is 11.3. The van der Waals surface area contributed by atoms with Crippen LogP contribution in [0.2, 0.25) is 0 Å². The van der Waals surface area contributed by atoms with Crippen LogP contribution in [0.5, 0.6) is 0 Å². The summed E-state index contributed by atoms with van der Waals surface area (Å²) in [5.74, 6) is 0.818. The van der Waals surface area contributed by atoms with E-state index in [9.17, 15) is 5.26 Å². The lowest BCUT2D eigenvalue weighted by Gasteiger charge is -2.12. The number of aryl methyl sites for hydroxylation is 1. The fourth-order valence-corrected chi connectivity index (χ4v) is 6.11. The maximum absolute atomic E-state index is 9.52. The van der Waals surface area contributed by atoms with Crippen molar-refractivity contribution in [3.8, 4) is 45.4 Å². The fourth-order valence-electron chi connectivity index (χ4n) is 6.11. The SMILES string of the molecule is Cc1ccc(-c2ccc3cc(-c4ccc5ccc(-n6c(-c7cccc(C#N)c7)nc7ccccc76)cc5c4)ccc3c2)cc1. The van der Waals surface area contributed by atoms with Crippen LogP contribution in [0.25, 0.3) is 71.9 Å². The molecular weight excluding hydrogens is 534 g/mol. The largest absolute Gasteiger partial charge is 0.292 e. The molecule has 1 aromatic heterocycles. The van der Waals surface area contributed by atoms with E-state index < -0.39 is 0 Å². The summed E-state index contributed by atoms with van der Waals surface area (Å²) in [6.45, 7) is 2.12. The predicted octanol–water partition coefficient (Wildman–Crippen LogP) is 10.5. The van der Waals surface area contributed by atoms with Gasteiger partial charge in [0.05, 0.1) is 22.7 Å². The molecule has 7 aromatic carbocycles. The molecule has 0 amide bonds. The van der Waals surface area contributed by atoms with Crippen molar-refractivity contribution >= 4 is 32.6 Å². The first kappa shape index (κ1) is 25.7. The Morgan fingerprint density at radius 3 is 1.91 bits per heavy atom. The van der Waals surface area contributed by atoms with Gasteiger partial charge in [0, 0.05) is 11.3 Å². The van der Waals surface area contributed by atoms with Gasteiger partial charge in [0.15, 0.2) is 0 Å². The molecule has 0 aliphatic heterocycles. The lowest BCUT2D eigenvalue weighted by Crippen LogP contribution is -1.98. The maximum atomic E-state index is 9.52. The monoisotopic (exact) mass is 561 g/mol. The van der Waals surface area contributed by atoms with Crippen molar-refractivity contribution in [2.45, 2.75) is 6.92 Å². The van der Waals surface area contributed by atoms with E-state index in [4.69, 9.17) is 4.98 Å². The van der Waals surface area contributed by atoms with E-state index in [2.05, 4.69) is 121 Å². The molecule has 0 atom stereocenters. The molecule has 3 heteroatoms. The Labute approximate surface area is 255 Å². The third-order valence-corrected chi connectivity index (χ3v) is 8.45. The Bertz CT molecular complexity index is 2410. The molecular formula is C41H27N3. The van der Waals surface area contributed by atoms with Crippen molar-refractivity contribution in [1.82, 2.24) is 9.55 Å². The molecule has 0 saturated carbocycles. The van der Waals surface area contributed by atoms with Crippen molar-refractivity contribution in [3.63, 3.8) is 0 Å². The third kappa shape index (κ3) is 4.51. The number of benzene rings is 7. The second-order valence-electron chi connectivity index (χ2n) is 11.3. The van der Waals surface area contributed by atoms with Gasteiger partial charge in [-0.05, 0) is 105 Å². The van der Waals surface area contributed by atoms with Gasteiger partial charge in [-0.3, -0.25) is 4.57 Å². The van der Waals surface area contributed by atoms with Gasteiger partial charge in [0.25, 0.3) is 0 Å². The number of nitriles is 1. The summed E-state index contributed by atoms with van der Waals surface area (Å²) in [7, 11) is 0. The molecule has 0 saturated heterocycles. The molecule has 0 aliphatic carbocycles. The van der Waals surface area contributed by atoms with Crippen LogP contribution < -0.4 is 0 Å². The van der Waals surface area contributed by atoms with E-state index in [1.165, 1.54) is 44.0 Å². The van der Waals surface area contributed by atoms with Crippen LogP contribution >= 0.6 is 0 Å². The highest BCUT2D eigenvalue weighted by atomic mass is 15.1. The Balaban J connectivity index is 1.21. The third-order valence-electron chi connectivity index (χ3n) is 8.45. The van der Waals surface area contributed by atoms with Gasteiger partial charge < -0.3 is 0 Å². The molecule has 0 bridgehead atoms. The van der Waals surface area contributed by atoms with Crippen LogP contribution in [0.15, 0.2) is 146 Å². The summed E-state index contributed by atoms with van der Waals surface area (Å²) in [6, 6.07) is 53.5. The second-order valence-corrected chi connectivity index (χ2v) is 11.3. The first-order chi connectivity index (χ1) is 21.6. The summed E-state index contributed by atoms with van der Waals surface area (Å²) in [6.07, 6.45) is 0. The van der Waals surface area contributed by atoms with Crippen LogP contribution in [0, 0.1) is 18.3 Å². The molecule has 0 N–H and O–H groups in total. The fraction of sp³-hybridized carbons (Fsp3) is 0.0244. The van der Waals surface area contributed by atoms with Gasteiger partial charge in [-0.25, -0.2) is 4.98 Å². The average molecular weight is 562 g/mol. The minimum atomic E-state index is 0.617. The van der Waals surface area contributed by atoms with E-state index in [1.807, 2.05) is 42.5 Å². The molecule has 0 aliphatic rings. The predicted molar refractivity (Wildman–Crippen MR) is 182 cm³/mol. The Morgan fingerprint density at radius 1 is 0.523 bits per heavy atom. The number of fused-ring (bicyclic) bond motifs is 3. The van der Waals surface area contributed by atoms with Gasteiger partial charge in [-0.2, -0.15) is 5.26 Å². The van der Waals surface area contributed by atoms with Crippen molar-refractivity contribution in [2.75, 3.05) is 0 Å². The van der Waals surface area contributed by atoms with Crippen LogP contribution in [0.3, 0.4) is 0 Å². The highest BCUT2D eigenvalue weighted by Gasteiger charge is 2.15. The zero-order valence-corrected chi connectivity index (χ0v) is 24.2. The molecule has 0 fully saturated rings. The zero-order chi connectivity index (χ0) is 29.6. The van der Waals surface area contributed by atoms with Gasteiger partial charge in [-0.1, -0.05) is 96.6 Å². The highest BCUT2D eigenvalue weighted by Crippen LogP contribution is 2.33. The Hall–Kier alpha value is -5.98. The van der Waals surface area contributed by atoms with Gasteiger partial charge in [0.2, 0.25) is 0 Å². The molecule has 44 heavy (non-hydrogen) atoms. The minimum absolute atomic E-state index is 0.617. The number of rotatable bonds is 4. The first-order valence-corrected chi connectivity index (χ1v) is 14.8. The highest BCUT2D eigenvalue weighted by molar-refractivity contribution is 5.94. The van der Waals surface area contributed by atoms with Crippen LogP contribution in [-0.2, 0) is 0 Å². The first-order valence-electron chi connectivity index (χ1n) is 14.8. The van der Waals surface area contributed by atoms with E-state index in [-0.39, 0.29) is 0 Å². The Kier molecular flexibility index (Phi) is 6.07. The number of para-hydroxylation sites is 2. The van der Waals surface area contributed by atoms with Crippen LogP contribution in [0.1, 0.15) is 11.1 Å². The molecule has 3 nitrogen and oxygen atoms in total. The Morgan fingerprint density at radius 2 is 1.16 bits per heavy atom. The number of aromatic nitrogens is 2. The average Bonchev–Trinajstić information content (AvgIpc) is 3.47. The molecule has 0 radical (unpaired) electrons. The quantitative estimate of drug-likeness (QED) is 0.214.